The number of hydrogen-bond donors (Lipinski definition) is 0. The van der Waals surface area contributed by atoms with Gasteiger partial charge in [-0.2, -0.15) is 0 Å². The summed E-state index contributed by atoms with van der Waals surface area (Å²) in [5.41, 5.74) is 0. The molecule has 0 aliphatic carbocycles. The lowest BCUT2D eigenvalue weighted by Crippen LogP contribution is -2.35. The van der Waals surface area contributed by atoms with E-state index >= 15 is 0 Å². The first-order valence-corrected chi connectivity index (χ1v) is 4.96. The van der Waals surface area contributed by atoms with Crippen molar-refractivity contribution in [3.8, 4) is 0 Å². The first-order chi connectivity index (χ1) is 5.93. The molecule has 0 aromatic rings. The van der Waals surface area contributed by atoms with Crippen LogP contribution in [0.4, 0.5) is 4.79 Å². The van der Waals surface area contributed by atoms with Gasteiger partial charge in [-0.1, -0.05) is 19.9 Å². The summed E-state index contributed by atoms with van der Waals surface area (Å²) in [4.78, 5) is 11.7. The van der Waals surface area contributed by atoms with Crippen LogP contribution in [0, 0.1) is 0 Å². The van der Waals surface area contributed by atoms with Crippen LogP contribution in [0.2, 0.25) is 0 Å². The van der Waals surface area contributed by atoms with E-state index in [1.807, 2.05) is 13.8 Å². The van der Waals surface area contributed by atoms with Gasteiger partial charge < -0.3 is 4.90 Å². The van der Waals surface area contributed by atoms with Crippen molar-refractivity contribution in [1.82, 2.24) is 4.90 Å². The number of nitrogens with zero attached hydrogens (tertiary/aromatic N) is 1. The maximum atomic E-state index is 10.8. The van der Waals surface area contributed by atoms with Crippen LogP contribution in [0.1, 0.15) is 26.7 Å². The molecule has 0 aliphatic heterocycles. The van der Waals surface area contributed by atoms with Crippen molar-refractivity contribution in [2.75, 3.05) is 6.54 Å². The Balaban J connectivity index is 4.21. The highest BCUT2D eigenvalue weighted by Gasteiger charge is 2.24. The molecule has 0 saturated carbocycles. The molecule has 1 atom stereocenters. The zero-order valence-electron chi connectivity index (χ0n) is 8.02. The third kappa shape index (κ3) is 5.17. The number of rotatable bonds is 5. The van der Waals surface area contributed by atoms with Crippen LogP contribution in [0.15, 0.2) is 12.8 Å². The third-order valence-corrected chi connectivity index (χ3v) is 2.24. The Hall–Kier alpha value is -0.210. The summed E-state index contributed by atoms with van der Waals surface area (Å²) in [6.45, 7) is 7.81. The van der Waals surface area contributed by atoms with E-state index < -0.39 is 10.2 Å². The Morgan fingerprint density at radius 3 is 2.54 bits per heavy atom. The molecule has 0 aromatic heterocycles. The molecule has 0 radical (unpaired) electrons. The monoisotopic (exact) mass is 223 g/mol. The van der Waals surface area contributed by atoms with Gasteiger partial charge >= 0.3 is 5.37 Å². The molecule has 0 spiro atoms. The maximum absolute atomic E-state index is 10.8. The fourth-order valence-electron chi connectivity index (χ4n) is 1.15. The molecule has 1 amide bonds. The molecular weight excluding hydrogens is 209 g/mol. The molecule has 2 nitrogen and oxygen atoms in total. The van der Waals surface area contributed by atoms with E-state index in [2.05, 4.69) is 6.58 Å². The van der Waals surface area contributed by atoms with Crippen molar-refractivity contribution in [3.05, 3.63) is 12.8 Å². The molecule has 0 N–H and O–H groups in total. The minimum atomic E-state index is -0.544. The average Bonchev–Trinajstić information content (AvgIpc) is 1.99. The SMILES string of the molecule is C=CN(CC(C)(Cl)CCC)C(=O)Cl. The van der Waals surface area contributed by atoms with Crippen LogP contribution in [-0.2, 0) is 0 Å². The summed E-state index contributed by atoms with van der Waals surface area (Å²) in [5, 5.41) is -0.544. The summed E-state index contributed by atoms with van der Waals surface area (Å²) in [7, 11) is 0. The van der Waals surface area contributed by atoms with E-state index in [9.17, 15) is 4.79 Å². The Morgan fingerprint density at radius 2 is 2.23 bits per heavy atom. The molecule has 1 unspecified atom stereocenters. The summed E-state index contributed by atoms with van der Waals surface area (Å²) in [6.07, 6.45) is 3.20. The van der Waals surface area contributed by atoms with Gasteiger partial charge in [0.15, 0.2) is 0 Å². The van der Waals surface area contributed by atoms with Crippen molar-refractivity contribution in [2.45, 2.75) is 31.6 Å². The highest BCUT2D eigenvalue weighted by atomic mass is 35.5. The van der Waals surface area contributed by atoms with Gasteiger partial charge in [0.2, 0.25) is 0 Å². The first kappa shape index (κ1) is 12.8. The molecule has 0 bridgehead atoms. The standard InChI is InChI=1S/C9H15Cl2NO/c1-4-6-9(3,11)7-12(5-2)8(10)13/h5H,2,4,6-7H2,1,3H3. The Kier molecular flexibility index (Phi) is 5.42. The Bertz CT molecular complexity index is 192. The number of hydrogen-bond acceptors (Lipinski definition) is 1. The topological polar surface area (TPSA) is 20.3 Å². The molecule has 0 heterocycles. The molecule has 76 valence electrons. The lowest BCUT2D eigenvalue weighted by atomic mass is 10.1. The predicted molar refractivity (Wildman–Crippen MR) is 57.3 cm³/mol. The van der Waals surface area contributed by atoms with Crippen molar-refractivity contribution < 1.29 is 4.79 Å². The molecular formula is C9H15Cl2NO. The minimum Gasteiger partial charge on any atom is -0.304 e. The number of alkyl halides is 1. The molecule has 13 heavy (non-hydrogen) atoms. The highest BCUT2D eigenvalue weighted by molar-refractivity contribution is 6.63. The molecule has 0 aliphatic rings. The van der Waals surface area contributed by atoms with Crippen molar-refractivity contribution in [1.29, 1.82) is 0 Å². The fraction of sp³-hybridized carbons (Fsp3) is 0.667. The van der Waals surface area contributed by atoms with Gasteiger partial charge in [-0.05, 0) is 24.9 Å². The molecule has 0 aromatic carbocycles. The summed E-state index contributed by atoms with van der Waals surface area (Å²) >= 11 is 11.5. The highest BCUT2D eigenvalue weighted by Crippen LogP contribution is 2.22. The average molecular weight is 224 g/mol. The van der Waals surface area contributed by atoms with Crippen LogP contribution >= 0.6 is 23.2 Å². The van der Waals surface area contributed by atoms with Gasteiger partial charge in [0.1, 0.15) is 0 Å². The Labute approximate surface area is 89.5 Å². The van der Waals surface area contributed by atoms with Gasteiger partial charge in [-0.25, -0.2) is 0 Å². The van der Waals surface area contributed by atoms with E-state index in [0.717, 1.165) is 12.8 Å². The fourth-order valence-corrected chi connectivity index (χ4v) is 1.60. The molecule has 4 heteroatoms. The second kappa shape index (κ2) is 5.51. The van der Waals surface area contributed by atoms with Crippen molar-refractivity contribution in [3.63, 3.8) is 0 Å². The van der Waals surface area contributed by atoms with Gasteiger partial charge in [-0.15, -0.1) is 11.6 Å². The van der Waals surface area contributed by atoms with E-state index in [1.54, 1.807) is 0 Å². The lowest BCUT2D eigenvalue weighted by molar-refractivity contribution is 0.233. The Morgan fingerprint density at radius 1 is 1.69 bits per heavy atom. The van der Waals surface area contributed by atoms with Gasteiger partial charge in [0.05, 0.1) is 4.87 Å². The van der Waals surface area contributed by atoms with Gasteiger partial charge in [0, 0.05) is 12.7 Å². The lowest BCUT2D eigenvalue weighted by Gasteiger charge is -2.26. The van der Waals surface area contributed by atoms with E-state index in [1.165, 1.54) is 11.1 Å². The van der Waals surface area contributed by atoms with Crippen LogP contribution in [-0.4, -0.2) is 21.7 Å². The van der Waals surface area contributed by atoms with Crippen molar-refractivity contribution in [2.24, 2.45) is 0 Å². The summed E-state index contributed by atoms with van der Waals surface area (Å²) < 4.78 is 0. The van der Waals surface area contributed by atoms with Gasteiger partial charge in [-0.3, -0.25) is 4.79 Å². The van der Waals surface area contributed by atoms with E-state index in [-0.39, 0.29) is 0 Å². The van der Waals surface area contributed by atoms with E-state index in [4.69, 9.17) is 23.2 Å². The van der Waals surface area contributed by atoms with Crippen LogP contribution in [0.5, 0.6) is 0 Å². The second-order valence-electron chi connectivity index (χ2n) is 3.23. The number of carbonyl (C=O) groups excluding carboxylic acids is 1. The number of carbonyl (C=O) groups is 1. The third-order valence-electron chi connectivity index (χ3n) is 1.72. The molecule has 0 rings (SSSR count). The number of halogens is 2. The van der Waals surface area contributed by atoms with E-state index in [0.29, 0.717) is 6.54 Å². The summed E-state index contributed by atoms with van der Waals surface area (Å²) in [6, 6.07) is 0. The predicted octanol–water partition coefficient (Wildman–Crippen LogP) is 3.59. The number of amides is 1. The summed E-state index contributed by atoms with van der Waals surface area (Å²) in [5.74, 6) is 0. The second-order valence-corrected chi connectivity index (χ2v) is 4.46. The first-order valence-electron chi connectivity index (χ1n) is 4.20. The van der Waals surface area contributed by atoms with Crippen LogP contribution in [0.3, 0.4) is 0 Å². The quantitative estimate of drug-likeness (QED) is 0.397. The molecule has 0 saturated heterocycles. The van der Waals surface area contributed by atoms with Gasteiger partial charge in [0.25, 0.3) is 0 Å². The largest absolute Gasteiger partial charge is 0.320 e. The van der Waals surface area contributed by atoms with Crippen molar-refractivity contribution >= 4 is 28.6 Å². The normalized spacial score (nSPS) is 14.8. The minimum absolute atomic E-state index is 0.397. The van der Waals surface area contributed by atoms with Crippen LogP contribution < -0.4 is 0 Å². The zero-order valence-corrected chi connectivity index (χ0v) is 9.53. The zero-order chi connectivity index (χ0) is 10.5. The smallest absolute Gasteiger partial charge is 0.304 e. The molecule has 0 fully saturated rings. The maximum Gasteiger partial charge on any atom is 0.320 e. The van der Waals surface area contributed by atoms with Crippen LogP contribution in [0.25, 0.3) is 0 Å².